The van der Waals surface area contributed by atoms with Gasteiger partial charge >= 0.3 is 11.8 Å². The average molecular weight is 449 g/mol. The number of nitrogens with zero attached hydrogens (tertiary/aromatic N) is 2. The minimum atomic E-state index is -0.474. The highest BCUT2D eigenvalue weighted by molar-refractivity contribution is 9.10. The summed E-state index contributed by atoms with van der Waals surface area (Å²) in [5, 5.41) is 0. The first-order valence-electron chi connectivity index (χ1n) is 9.58. The molecule has 0 aliphatic carbocycles. The van der Waals surface area contributed by atoms with Gasteiger partial charge in [-0.05, 0) is 41.8 Å². The van der Waals surface area contributed by atoms with E-state index in [1.54, 1.807) is 9.80 Å². The highest BCUT2D eigenvalue weighted by atomic mass is 79.9. The molecule has 1 fully saturated rings. The summed E-state index contributed by atoms with van der Waals surface area (Å²) in [6.45, 7) is 0.887. The van der Waals surface area contributed by atoms with Gasteiger partial charge in [-0.15, -0.1) is 0 Å². The van der Waals surface area contributed by atoms with E-state index in [1.165, 1.54) is 0 Å². The number of anilines is 1. The van der Waals surface area contributed by atoms with Gasteiger partial charge in [-0.25, -0.2) is 0 Å². The number of para-hydroxylation sites is 1. The molecule has 1 saturated heterocycles. The van der Waals surface area contributed by atoms with Crippen molar-refractivity contribution in [1.82, 2.24) is 4.90 Å². The summed E-state index contributed by atoms with van der Waals surface area (Å²) in [5.74, 6) is -0.929. The van der Waals surface area contributed by atoms with Crippen LogP contribution in [0, 0.1) is 0 Å². The van der Waals surface area contributed by atoms with Crippen LogP contribution < -0.4 is 4.90 Å². The number of piperazine rings is 1. The second-order valence-electron chi connectivity index (χ2n) is 7.15. The number of amides is 2. The topological polar surface area (TPSA) is 40.6 Å². The van der Waals surface area contributed by atoms with Crippen molar-refractivity contribution in [3.05, 3.63) is 101 Å². The van der Waals surface area contributed by atoms with E-state index < -0.39 is 11.8 Å². The molecule has 5 heteroatoms. The zero-order valence-corrected chi connectivity index (χ0v) is 17.5. The van der Waals surface area contributed by atoms with Crippen LogP contribution in [0.25, 0.3) is 0 Å². The molecule has 2 amide bonds. The van der Waals surface area contributed by atoms with Crippen LogP contribution in [0.4, 0.5) is 5.69 Å². The smallest absolute Gasteiger partial charge is 0.316 e. The SMILES string of the molecule is O=C1C(=O)N(Cc2ccc(Br)cc2)[C@@H](Cc2ccccc2)CN1c1ccccc1. The maximum atomic E-state index is 13.1. The van der Waals surface area contributed by atoms with Crippen molar-refractivity contribution in [2.75, 3.05) is 11.4 Å². The van der Waals surface area contributed by atoms with E-state index in [4.69, 9.17) is 0 Å². The molecule has 0 bridgehead atoms. The Bertz CT molecular complexity index is 990. The molecular formula is C24H21BrN2O2. The molecule has 1 atom stereocenters. The van der Waals surface area contributed by atoms with Crippen molar-refractivity contribution in [3.63, 3.8) is 0 Å². The monoisotopic (exact) mass is 448 g/mol. The third kappa shape index (κ3) is 4.40. The highest BCUT2D eigenvalue weighted by Crippen LogP contribution is 2.24. The molecule has 146 valence electrons. The molecule has 4 rings (SSSR count). The minimum Gasteiger partial charge on any atom is -0.325 e. The summed E-state index contributed by atoms with van der Waals surface area (Å²) in [6, 6.07) is 27.3. The predicted octanol–water partition coefficient (Wildman–Crippen LogP) is 4.44. The molecule has 0 saturated carbocycles. The zero-order valence-electron chi connectivity index (χ0n) is 15.9. The van der Waals surface area contributed by atoms with Gasteiger partial charge in [0.05, 0.1) is 6.04 Å². The van der Waals surface area contributed by atoms with Crippen molar-refractivity contribution in [3.8, 4) is 0 Å². The Morgan fingerprint density at radius 2 is 1.38 bits per heavy atom. The maximum Gasteiger partial charge on any atom is 0.316 e. The standard InChI is InChI=1S/C24H21BrN2O2/c25-20-13-11-19(12-14-20)16-26-22(15-18-7-3-1-4-8-18)17-27(24(29)23(26)28)21-9-5-2-6-10-21/h1-14,22H,15-17H2/t22-/m0/s1. The van der Waals surface area contributed by atoms with Gasteiger partial charge in [0, 0.05) is 23.2 Å². The molecule has 1 aliphatic heterocycles. The lowest BCUT2D eigenvalue weighted by Crippen LogP contribution is -2.60. The average Bonchev–Trinajstić information content (AvgIpc) is 2.76. The van der Waals surface area contributed by atoms with E-state index in [1.807, 2.05) is 72.8 Å². The number of carbonyl (C=O) groups is 2. The lowest BCUT2D eigenvalue weighted by Gasteiger charge is -2.40. The van der Waals surface area contributed by atoms with E-state index >= 15 is 0 Å². The quantitative estimate of drug-likeness (QED) is 0.541. The van der Waals surface area contributed by atoms with Gasteiger partial charge in [-0.1, -0.05) is 76.6 Å². The molecule has 29 heavy (non-hydrogen) atoms. The molecule has 0 spiro atoms. The summed E-state index contributed by atoms with van der Waals surface area (Å²) in [5.41, 5.74) is 2.90. The maximum absolute atomic E-state index is 13.1. The summed E-state index contributed by atoms with van der Waals surface area (Å²) in [6.07, 6.45) is 0.694. The van der Waals surface area contributed by atoms with Crippen LogP contribution in [-0.4, -0.2) is 29.3 Å². The molecule has 1 heterocycles. The van der Waals surface area contributed by atoms with Crippen LogP contribution in [0.1, 0.15) is 11.1 Å². The number of hydrogen-bond acceptors (Lipinski definition) is 2. The van der Waals surface area contributed by atoms with Crippen LogP contribution in [0.2, 0.25) is 0 Å². The number of hydrogen-bond donors (Lipinski definition) is 0. The summed E-state index contributed by atoms with van der Waals surface area (Å²) in [4.78, 5) is 29.3. The number of halogens is 1. The molecule has 0 unspecified atom stereocenters. The van der Waals surface area contributed by atoms with Gasteiger partial charge in [-0.3, -0.25) is 9.59 Å². The summed E-state index contributed by atoms with van der Waals surface area (Å²) in [7, 11) is 0. The van der Waals surface area contributed by atoms with Crippen LogP contribution in [0.3, 0.4) is 0 Å². The second-order valence-corrected chi connectivity index (χ2v) is 8.07. The number of rotatable bonds is 5. The van der Waals surface area contributed by atoms with Crippen molar-refractivity contribution in [2.24, 2.45) is 0 Å². The Morgan fingerprint density at radius 1 is 0.759 bits per heavy atom. The van der Waals surface area contributed by atoms with Crippen molar-refractivity contribution in [1.29, 1.82) is 0 Å². The molecule has 0 radical (unpaired) electrons. The number of carbonyl (C=O) groups excluding carboxylic acids is 2. The van der Waals surface area contributed by atoms with Crippen LogP contribution >= 0.6 is 15.9 Å². The van der Waals surface area contributed by atoms with E-state index in [2.05, 4.69) is 28.1 Å². The van der Waals surface area contributed by atoms with Crippen molar-refractivity contribution >= 4 is 33.4 Å². The van der Waals surface area contributed by atoms with Crippen molar-refractivity contribution in [2.45, 2.75) is 19.0 Å². The largest absolute Gasteiger partial charge is 0.325 e. The molecule has 3 aromatic rings. The third-order valence-corrected chi connectivity index (χ3v) is 5.70. The Balaban J connectivity index is 1.64. The van der Waals surface area contributed by atoms with E-state index in [0.717, 1.165) is 21.3 Å². The van der Waals surface area contributed by atoms with E-state index in [-0.39, 0.29) is 6.04 Å². The van der Waals surface area contributed by atoms with Crippen molar-refractivity contribution < 1.29 is 9.59 Å². The summed E-state index contributed by atoms with van der Waals surface area (Å²) < 4.78 is 0.985. The molecule has 3 aromatic carbocycles. The predicted molar refractivity (Wildman–Crippen MR) is 117 cm³/mol. The Hall–Kier alpha value is -2.92. The fourth-order valence-corrected chi connectivity index (χ4v) is 3.94. The van der Waals surface area contributed by atoms with Crippen LogP contribution in [0.15, 0.2) is 89.4 Å². The first kappa shape index (κ1) is 19.4. The van der Waals surface area contributed by atoms with Gasteiger partial charge in [0.1, 0.15) is 0 Å². The third-order valence-electron chi connectivity index (χ3n) is 5.17. The molecule has 0 N–H and O–H groups in total. The van der Waals surface area contributed by atoms with Crippen LogP contribution in [-0.2, 0) is 22.6 Å². The normalized spacial score (nSPS) is 16.9. The fourth-order valence-electron chi connectivity index (χ4n) is 3.68. The highest BCUT2D eigenvalue weighted by Gasteiger charge is 2.39. The van der Waals surface area contributed by atoms with Gasteiger partial charge in [0.25, 0.3) is 0 Å². The zero-order chi connectivity index (χ0) is 20.2. The fraction of sp³-hybridized carbons (Fsp3) is 0.167. The molecular weight excluding hydrogens is 428 g/mol. The van der Waals surface area contributed by atoms with Gasteiger partial charge in [-0.2, -0.15) is 0 Å². The van der Waals surface area contributed by atoms with E-state index in [9.17, 15) is 9.59 Å². The summed E-state index contributed by atoms with van der Waals surface area (Å²) >= 11 is 3.44. The minimum absolute atomic E-state index is 0.105. The van der Waals surface area contributed by atoms with Crippen LogP contribution in [0.5, 0.6) is 0 Å². The number of benzene rings is 3. The Kier molecular flexibility index (Phi) is 5.76. The first-order valence-corrected chi connectivity index (χ1v) is 10.4. The van der Waals surface area contributed by atoms with E-state index in [0.29, 0.717) is 19.5 Å². The lowest BCUT2D eigenvalue weighted by atomic mass is 10.00. The lowest BCUT2D eigenvalue weighted by molar-refractivity contribution is -0.149. The molecule has 1 aliphatic rings. The van der Waals surface area contributed by atoms with Gasteiger partial charge in [0.2, 0.25) is 0 Å². The van der Waals surface area contributed by atoms with Gasteiger partial charge < -0.3 is 9.80 Å². The molecule has 4 nitrogen and oxygen atoms in total. The second kappa shape index (κ2) is 8.62. The first-order chi connectivity index (χ1) is 14.1. The Labute approximate surface area is 178 Å². The molecule has 0 aromatic heterocycles. The van der Waals surface area contributed by atoms with Gasteiger partial charge in [0.15, 0.2) is 0 Å². The Morgan fingerprint density at radius 3 is 2.03 bits per heavy atom.